The van der Waals surface area contributed by atoms with E-state index in [0.717, 1.165) is 31.2 Å². The first kappa shape index (κ1) is 17.1. The number of aromatic nitrogens is 2. The van der Waals surface area contributed by atoms with Gasteiger partial charge in [0, 0.05) is 29.4 Å². The Kier molecular flexibility index (Phi) is 5.30. The van der Waals surface area contributed by atoms with E-state index in [1.807, 2.05) is 30.3 Å². The highest BCUT2D eigenvalue weighted by molar-refractivity contribution is 9.11. The van der Waals surface area contributed by atoms with E-state index in [2.05, 4.69) is 31.2 Å². The smallest absolute Gasteiger partial charge is 0.225 e. The van der Waals surface area contributed by atoms with Gasteiger partial charge >= 0.3 is 0 Å². The van der Waals surface area contributed by atoms with Gasteiger partial charge in [-0.05, 0) is 46.3 Å². The Morgan fingerprint density at radius 1 is 1.33 bits per heavy atom. The zero-order valence-corrected chi connectivity index (χ0v) is 15.3. The topological polar surface area (TPSA) is 110 Å². The molecule has 126 valence electrons. The van der Waals surface area contributed by atoms with Gasteiger partial charge in [0.1, 0.15) is 5.82 Å². The van der Waals surface area contributed by atoms with Crippen LogP contribution in [0.2, 0.25) is 0 Å². The molecule has 6 nitrogen and oxygen atoms in total. The highest BCUT2D eigenvalue weighted by atomic mass is 79.9. The fraction of sp³-hybridized carbons (Fsp3) is 0.250. The van der Waals surface area contributed by atoms with Crippen LogP contribution in [-0.4, -0.2) is 22.4 Å². The van der Waals surface area contributed by atoms with Crippen molar-refractivity contribution in [3.8, 4) is 0 Å². The van der Waals surface area contributed by atoms with Crippen LogP contribution in [0.1, 0.15) is 23.0 Å². The average Bonchev–Trinajstić information content (AvgIpc) is 3.17. The van der Waals surface area contributed by atoms with Crippen molar-refractivity contribution in [3.05, 3.63) is 44.8 Å². The largest absolute Gasteiger partial charge is 0.341 e. The number of nitrogens with one attached hydrogen (secondary N) is 2. The molecule has 0 aliphatic carbocycles. The number of anilines is 1. The number of nitrogens with two attached hydrogens (primary N) is 2. The molecule has 2 heterocycles. The maximum Gasteiger partial charge on any atom is 0.225 e. The number of imidazole rings is 1. The third kappa shape index (κ3) is 3.84. The van der Waals surface area contributed by atoms with E-state index >= 15 is 0 Å². The normalized spacial score (nSPS) is 12.5. The number of H-pyrrole nitrogens is 1. The van der Waals surface area contributed by atoms with Crippen molar-refractivity contribution in [3.63, 3.8) is 0 Å². The highest BCUT2D eigenvalue weighted by Crippen LogP contribution is 2.30. The molecule has 8 heteroatoms. The summed E-state index contributed by atoms with van der Waals surface area (Å²) in [6.45, 7) is 0.782. The molecule has 0 saturated carbocycles. The van der Waals surface area contributed by atoms with Gasteiger partial charge in [0.05, 0.1) is 21.4 Å². The molecule has 3 aromatic rings. The minimum absolute atomic E-state index is 0.0148. The van der Waals surface area contributed by atoms with Crippen LogP contribution in [-0.2, 0) is 11.3 Å². The summed E-state index contributed by atoms with van der Waals surface area (Å²) in [6.07, 6.45) is 0.346. The number of hydrogen-bond donors (Lipinski definition) is 4. The van der Waals surface area contributed by atoms with Crippen molar-refractivity contribution in [1.82, 2.24) is 9.97 Å². The lowest BCUT2D eigenvalue weighted by Gasteiger charge is -2.13. The van der Waals surface area contributed by atoms with Crippen molar-refractivity contribution in [1.29, 1.82) is 0 Å². The van der Waals surface area contributed by atoms with E-state index < -0.39 is 0 Å². The molecule has 0 bridgehead atoms. The van der Waals surface area contributed by atoms with Gasteiger partial charge < -0.3 is 21.8 Å². The number of thiophene rings is 1. The summed E-state index contributed by atoms with van der Waals surface area (Å²) in [5.41, 5.74) is 13.8. The van der Waals surface area contributed by atoms with Gasteiger partial charge in [-0.25, -0.2) is 4.98 Å². The molecule has 0 aliphatic rings. The fourth-order valence-corrected chi connectivity index (χ4v) is 4.06. The summed E-state index contributed by atoms with van der Waals surface area (Å²) in [7, 11) is 0. The summed E-state index contributed by atoms with van der Waals surface area (Å²) in [6, 6.07) is 9.53. The second kappa shape index (κ2) is 7.43. The molecule has 3 rings (SSSR count). The van der Waals surface area contributed by atoms with Crippen molar-refractivity contribution in [2.75, 3.05) is 11.9 Å². The Hall–Kier alpha value is -1.74. The summed E-state index contributed by atoms with van der Waals surface area (Å²) < 4.78 is 1.04. The van der Waals surface area contributed by atoms with Gasteiger partial charge in [0.15, 0.2) is 0 Å². The maximum atomic E-state index is 12.3. The van der Waals surface area contributed by atoms with Gasteiger partial charge in [-0.2, -0.15) is 0 Å². The summed E-state index contributed by atoms with van der Waals surface area (Å²) in [5, 5.41) is 2.92. The van der Waals surface area contributed by atoms with Crippen molar-refractivity contribution in [2.45, 2.75) is 18.9 Å². The summed E-state index contributed by atoms with van der Waals surface area (Å²) in [4.78, 5) is 20.9. The van der Waals surface area contributed by atoms with Crippen LogP contribution in [0.15, 0.2) is 34.1 Å². The quantitative estimate of drug-likeness (QED) is 0.503. The predicted molar refractivity (Wildman–Crippen MR) is 101 cm³/mol. The van der Waals surface area contributed by atoms with Crippen LogP contribution in [0.3, 0.4) is 0 Å². The highest BCUT2D eigenvalue weighted by Gasteiger charge is 2.17. The molecule has 0 radical (unpaired) electrons. The van der Waals surface area contributed by atoms with E-state index in [1.165, 1.54) is 0 Å². The second-order valence-corrected chi connectivity index (χ2v) is 7.94. The lowest BCUT2D eigenvalue weighted by atomic mass is 10.0. The number of carbonyl (C=O) groups excluding carboxylic acids is 1. The molecule has 24 heavy (non-hydrogen) atoms. The molecule has 1 unspecified atom stereocenters. The van der Waals surface area contributed by atoms with E-state index in [4.69, 9.17) is 11.5 Å². The van der Waals surface area contributed by atoms with Gasteiger partial charge in [0.2, 0.25) is 5.91 Å². The molecular weight excluding hydrogens is 390 g/mol. The van der Waals surface area contributed by atoms with Crippen LogP contribution >= 0.6 is 27.3 Å². The number of hydrogen-bond acceptors (Lipinski definition) is 5. The fourth-order valence-electron chi connectivity index (χ4n) is 2.52. The lowest BCUT2D eigenvalue weighted by molar-refractivity contribution is -0.116. The third-order valence-corrected chi connectivity index (χ3v) is 5.51. The van der Waals surface area contributed by atoms with E-state index in [-0.39, 0.29) is 11.8 Å². The molecule has 1 amide bonds. The first-order chi connectivity index (χ1) is 11.6. The number of amides is 1. The minimum atomic E-state index is -0.0621. The van der Waals surface area contributed by atoms with Crippen LogP contribution in [0, 0.1) is 0 Å². The number of carbonyl (C=O) groups is 1. The monoisotopic (exact) mass is 407 g/mol. The zero-order chi connectivity index (χ0) is 17.1. The van der Waals surface area contributed by atoms with Gasteiger partial charge in [-0.15, -0.1) is 11.3 Å². The molecular formula is C16H18BrN5OS. The first-order valence-corrected chi connectivity index (χ1v) is 9.14. The Bertz CT molecular complexity index is 859. The number of aromatic amines is 1. The maximum absolute atomic E-state index is 12.3. The molecule has 0 saturated heterocycles. The van der Waals surface area contributed by atoms with Crippen LogP contribution in [0.4, 0.5) is 5.69 Å². The Labute approximate surface area is 151 Å². The number of fused-ring (bicyclic) bond motifs is 1. The van der Waals surface area contributed by atoms with Gasteiger partial charge in [-0.1, -0.05) is 0 Å². The number of nitrogens with zero attached hydrogens (tertiary/aromatic N) is 1. The van der Waals surface area contributed by atoms with Crippen LogP contribution in [0.25, 0.3) is 11.0 Å². The van der Waals surface area contributed by atoms with Crippen LogP contribution < -0.4 is 16.8 Å². The lowest BCUT2D eigenvalue weighted by Crippen LogP contribution is -2.20. The molecule has 1 atom stereocenters. The predicted octanol–water partition coefficient (Wildman–Crippen LogP) is 2.92. The minimum Gasteiger partial charge on any atom is -0.341 e. The summed E-state index contributed by atoms with van der Waals surface area (Å²) >= 11 is 5.05. The summed E-state index contributed by atoms with van der Waals surface area (Å²) in [5.74, 6) is 0.675. The SMILES string of the molecule is NCc1nc2ccc(NC(=O)CC(CN)c3ccc(Br)s3)cc2[nH]1. The van der Waals surface area contributed by atoms with Crippen molar-refractivity contribution >= 4 is 49.9 Å². The molecule has 2 aromatic heterocycles. The molecule has 0 spiro atoms. The van der Waals surface area contributed by atoms with Gasteiger partial charge in [0.25, 0.3) is 0 Å². The average molecular weight is 408 g/mol. The standard InChI is InChI=1S/C16H18BrN5OS/c17-14-4-3-13(24-14)9(7-18)5-16(23)20-10-1-2-11-12(6-10)22-15(8-19)21-11/h1-4,6,9H,5,7-8,18-19H2,(H,20,23)(H,21,22). The number of rotatable bonds is 6. The Balaban J connectivity index is 1.69. The van der Waals surface area contributed by atoms with E-state index in [9.17, 15) is 4.79 Å². The number of halogens is 1. The molecule has 1 aromatic carbocycles. The second-order valence-electron chi connectivity index (χ2n) is 5.45. The third-order valence-electron chi connectivity index (χ3n) is 3.72. The molecule has 0 aliphatic heterocycles. The molecule has 0 fully saturated rings. The van der Waals surface area contributed by atoms with E-state index in [0.29, 0.717) is 19.5 Å². The van der Waals surface area contributed by atoms with Crippen molar-refractivity contribution < 1.29 is 4.79 Å². The number of benzene rings is 1. The van der Waals surface area contributed by atoms with Crippen molar-refractivity contribution in [2.24, 2.45) is 11.5 Å². The Morgan fingerprint density at radius 3 is 2.83 bits per heavy atom. The Morgan fingerprint density at radius 2 is 2.17 bits per heavy atom. The first-order valence-electron chi connectivity index (χ1n) is 7.53. The molecule has 6 N–H and O–H groups in total. The zero-order valence-electron chi connectivity index (χ0n) is 12.9. The van der Waals surface area contributed by atoms with E-state index in [1.54, 1.807) is 11.3 Å². The van der Waals surface area contributed by atoms with Gasteiger partial charge in [-0.3, -0.25) is 4.79 Å². The van der Waals surface area contributed by atoms with Crippen LogP contribution in [0.5, 0.6) is 0 Å².